The van der Waals surface area contributed by atoms with Crippen molar-refractivity contribution in [3.63, 3.8) is 0 Å². The average molecular weight is 399 g/mol. The average Bonchev–Trinajstić information content (AvgIpc) is 2.77. The van der Waals surface area contributed by atoms with Crippen LogP contribution < -0.4 is 10.6 Å². The molecule has 0 aromatic heterocycles. The lowest BCUT2D eigenvalue weighted by Crippen LogP contribution is -2.33. The SMILES string of the molecule is C[C@H](NCCCCCCCN[C@@H](C)[C@H](O)c1ccccc1)[C@H](O)c1ccccc1. The van der Waals surface area contributed by atoms with Crippen LogP contribution in [0.5, 0.6) is 0 Å². The highest BCUT2D eigenvalue weighted by Crippen LogP contribution is 2.17. The maximum atomic E-state index is 10.4. The number of benzene rings is 2. The highest BCUT2D eigenvalue weighted by molar-refractivity contribution is 5.19. The highest BCUT2D eigenvalue weighted by atomic mass is 16.3. The number of hydrogen-bond donors (Lipinski definition) is 4. The molecular formula is C25H38N2O2. The fourth-order valence-electron chi connectivity index (χ4n) is 3.54. The zero-order chi connectivity index (χ0) is 20.9. The highest BCUT2D eigenvalue weighted by Gasteiger charge is 2.15. The summed E-state index contributed by atoms with van der Waals surface area (Å²) in [5.41, 5.74) is 1.93. The van der Waals surface area contributed by atoms with Crippen LogP contribution in [0.2, 0.25) is 0 Å². The van der Waals surface area contributed by atoms with Crippen molar-refractivity contribution in [3.05, 3.63) is 71.8 Å². The quantitative estimate of drug-likeness (QED) is 0.357. The van der Waals surface area contributed by atoms with E-state index in [0.29, 0.717) is 0 Å². The standard InChI is InChI=1S/C25H38N2O2/c1-20(24(28)22-14-8-6-9-15-22)26-18-12-4-3-5-13-19-27-21(2)25(29)23-16-10-7-11-17-23/h6-11,14-17,20-21,24-29H,3-5,12-13,18-19H2,1-2H3/t20-,21-,24-,25-/m0/s1. The summed E-state index contributed by atoms with van der Waals surface area (Å²) in [6.07, 6.45) is 4.94. The van der Waals surface area contributed by atoms with Crippen molar-refractivity contribution >= 4 is 0 Å². The van der Waals surface area contributed by atoms with Crippen LogP contribution in [0.3, 0.4) is 0 Å². The third-order valence-corrected chi connectivity index (χ3v) is 5.52. The first-order valence-electron chi connectivity index (χ1n) is 11.0. The van der Waals surface area contributed by atoms with Crippen LogP contribution >= 0.6 is 0 Å². The van der Waals surface area contributed by atoms with Crippen molar-refractivity contribution in [3.8, 4) is 0 Å². The van der Waals surface area contributed by atoms with E-state index < -0.39 is 12.2 Å². The molecule has 2 aromatic carbocycles. The van der Waals surface area contributed by atoms with Crippen LogP contribution in [-0.2, 0) is 0 Å². The zero-order valence-corrected chi connectivity index (χ0v) is 17.9. The number of unbranched alkanes of at least 4 members (excludes halogenated alkanes) is 4. The van der Waals surface area contributed by atoms with Crippen LogP contribution in [-0.4, -0.2) is 35.4 Å². The summed E-state index contributed by atoms with van der Waals surface area (Å²) < 4.78 is 0. The molecule has 0 spiro atoms. The molecule has 0 heterocycles. The van der Waals surface area contributed by atoms with Gasteiger partial charge >= 0.3 is 0 Å². The van der Waals surface area contributed by atoms with Gasteiger partial charge in [0.1, 0.15) is 0 Å². The van der Waals surface area contributed by atoms with E-state index in [4.69, 9.17) is 0 Å². The largest absolute Gasteiger partial charge is 0.387 e. The summed E-state index contributed by atoms with van der Waals surface area (Å²) in [7, 11) is 0. The van der Waals surface area contributed by atoms with Gasteiger partial charge < -0.3 is 20.8 Å². The summed E-state index contributed by atoms with van der Waals surface area (Å²) in [4.78, 5) is 0. The number of aliphatic hydroxyl groups is 2. The molecule has 0 saturated heterocycles. The van der Waals surface area contributed by atoms with E-state index in [2.05, 4.69) is 10.6 Å². The number of hydrogen-bond acceptors (Lipinski definition) is 4. The Kier molecular flexibility index (Phi) is 11.0. The van der Waals surface area contributed by atoms with Crippen LogP contribution in [0.4, 0.5) is 0 Å². The topological polar surface area (TPSA) is 64.5 Å². The van der Waals surface area contributed by atoms with Crippen molar-refractivity contribution in [1.29, 1.82) is 0 Å². The van der Waals surface area contributed by atoms with E-state index in [1.165, 1.54) is 19.3 Å². The normalized spacial score (nSPS) is 15.6. The van der Waals surface area contributed by atoms with Crippen molar-refractivity contribution in [2.24, 2.45) is 0 Å². The van der Waals surface area contributed by atoms with E-state index >= 15 is 0 Å². The van der Waals surface area contributed by atoms with Crippen LogP contribution in [0.15, 0.2) is 60.7 Å². The van der Waals surface area contributed by atoms with E-state index in [-0.39, 0.29) is 12.1 Å². The maximum absolute atomic E-state index is 10.4. The molecular weight excluding hydrogens is 360 g/mol. The van der Waals surface area contributed by atoms with Gasteiger partial charge in [0.05, 0.1) is 12.2 Å². The lowest BCUT2D eigenvalue weighted by molar-refractivity contribution is 0.135. The summed E-state index contributed by atoms with van der Waals surface area (Å²) >= 11 is 0. The van der Waals surface area contributed by atoms with Crippen LogP contribution in [0.25, 0.3) is 0 Å². The van der Waals surface area contributed by atoms with Gasteiger partial charge in [-0.1, -0.05) is 79.9 Å². The van der Waals surface area contributed by atoms with E-state index in [1.54, 1.807) is 0 Å². The van der Waals surface area contributed by atoms with E-state index in [0.717, 1.165) is 37.1 Å². The maximum Gasteiger partial charge on any atom is 0.0940 e. The number of nitrogens with one attached hydrogen (secondary N) is 2. The van der Waals surface area contributed by atoms with Crippen molar-refractivity contribution in [2.75, 3.05) is 13.1 Å². The van der Waals surface area contributed by atoms with Gasteiger partial charge in [-0.05, 0) is 50.9 Å². The van der Waals surface area contributed by atoms with Gasteiger partial charge in [0.2, 0.25) is 0 Å². The molecule has 0 amide bonds. The van der Waals surface area contributed by atoms with E-state index in [1.807, 2.05) is 74.5 Å². The number of rotatable bonds is 14. The molecule has 0 bridgehead atoms. The molecule has 4 heteroatoms. The molecule has 4 N–H and O–H groups in total. The molecule has 0 saturated carbocycles. The minimum atomic E-state index is -0.462. The Morgan fingerprint density at radius 2 is 0.931 bits per heavy atom. The molecule has 0 aliphatic rings. The van der Waals surface area contributed by atoms with Gasteiger partial charge in [-0.25, -0.2) is 0 Å². The van der Waals surface area contributed by atoms with Gasteiger partial charge in [0.25, 0.3) is 0 Å². The monoisotopic (exact) mass is 398 g/mol. The fourth-order valence-corrected chi connectivity index (χ4v) is 3.54. The van der Waals surface area contributed by atoms with Gasteiger partial charge in [-0.2, -0.15) is 0 Å². The summed E-state index contributed by atoms with van der Waals surface area (Å²) in [6, 6.07) is 19.8. The molecule has 160 valence electrons. The first kappa shape index (κ1) is 23.6. The smallest absolute Gasteiger partial charge is 0.0940 e. The van der Waals surface area contributed by atoms with Crippen LogP contribution in [0.1, 0.15) is 69.3 Å². The third kappa shape index (κ3) is 8.67. The van der Waals surface area contributed by atoms with Crippen molar-refractivity contribution < 1.29 is 10.2 Å². The fraction of sp³-hybridized carbons (Fsp3) is 0.520. The first-order chi connectivity index (χ1) is 14.1. The van der Waals surface area contributed by atoms with Gasteiger partial charge in [-0.3, -0.25) is 0 Å². The molecule has 0 aliphatic heterocycles. The first-order valence-corrected chi connectivity index (χ1v) is 11.0. The second-order valence-corrected chi connectivity index (χ2v) is 7.96. The predicted octanol–water partition coefficient (Wildman–Crippen LogP) is 4.36. The zero-order valence-electron chi connectivity index (χ0n) is 17.9. The molecule has 0 radical (unpaired) electrons. The summed E-state index contributed by atoms with van der Waals surface area (Å²) in [5.74, 6) is 0. The summed E-state index contributed by atoms with van der Waals surface area (Å²) in [6.45, 7) is 5.94. The Bertz CT molecular complexity index is 593. The molecule has 4 nitrogen and oxygen atoms in total. The minimum absolute atomic E-state index is 0.0547. The Morgan fingerprint density at radius 1 is 0.586 bits per heavy atom. The molecule has 29 heavy (non-hydrogen) atoms. The van der Waals surface area contributed by atoms with Gasteiger partial charge in [0.15, 0.2) is 0 Å². The molecule has 0 aliphatic carbocycles. The van der Waals surface area contributed by atoms with Crippen molar-refractivity contribution in [2.45, 2.75) is 70.2 Å². The Hall–Kier alpha value is -1.72. The molecule has 4 atom stereocenters. The van der Waals surface area contributed by atoms with Gasteiger partial charge in [-0.15, -0.1) is 0 Å². The van der Waals surface area contributed by atoms with Crippen LogP contribution in [0, 0.1) is 0 Å². The molecule has 0 fully saturated rings. The van der Waals surface area contributed by atoms with E-state index in [9.17, 15) is 10.2 Å². The Balaban J connectivity index is 1.47. The minimum Gasteiger partial charge on any atom is -0.387 e. The molecule has 2 rings (SSSR count). The molecule has 0 unspecified atom stereocenters. The lowest BCUT2D eigenvalue weighted by Gasteiger charge is -2.21. The second-order valence-electron chi connectivity index (χ2n) is 7.96. The summed E-state index contributed by atoms with van der Waals surface area (Å²) in [5, 5.41) is 27.6. The van der Waals surface area contributed by atoms with Gasteiger partial charge in [0, 0.05) is 12.1 Å². The predicted molar refractivity (Wildman–Crippen MR) is 121 cm³/mol. The lowest BCUT2D eigenvalue weighted by atomic mass is 10.0. The Labute approximate surface area is 176 Å². The third-order valence-electron chi connectivity index (χ3n) is 5.52. The second kappa shape index (κ2) is 13.5. The molecule has 2 aromatic rings. The number of aliphatic hydroxyl groups excluding tert-OH is 2. The van der Waals surface area contributed by atoms with Crippen molar-refractivity contribution in [1.82, 2.24) is 10.6 Å². The Morgan fingerprint density at radius 3 is 1.31 bits per heavy atom.